The molecular weight excluding hydrogens is 296 g/mol. The van der Waals surface area contributed by atoms with Crippen LogP contribution in [0.25, 0.3) is 0 Å². The zero-order valence-electron chi connectivity index (χ0n) is 14.4. The van der Waals surface area contributed by atoms with Gasteiger partial charge in [-0.3, -0.25) is 4.79 Å². The third-order valence-corrected chi connectivity index (χ3v) is 4.14. The van der Waals surface area contributed by atoms with Crippen molar-refractivity contribution < 1.29 is 19.4 Å². The van der Waals surface area contributed by atoms with E-state index in [0.717, 1.165) is 19.3 Å². The quantitative estimate of drug-likeness (QED) is 0.808. The zero-order chi connectivity index (χ0) is 17.5. The van der Waals surface area contributed by atoms with Crippen molar-refractivity contribution in [2.45, 2.75) is 64.9 Å². The lowest BCUT2D eigenvalue weighted by molar-refractivity contribution is -0.142. The third kappa shape index (κ3) is 7.36. The van der Waals surface area contributed by atoms with Crippen molar-refractivity contribution in [3.63, 3.8) is 0 Å². The molecule has 0 aromatic heterocycles. The molecule has 0 bridgehead atoms. The minimum atomic E-state index is -0.813. The van der Waals surface area contributed by atoms with Gasteiger partial charge in [-0.2, -0.15) is 5.26 Å². The van der Waals surface area contributed by atoms with Gasteiger partial charge in [-0.25, -0.2) is 4.79 Å². The second-order valence-corrected chi connectivity index (χ2v) is 7.22. The van der Waals surface area contributed by atoms with E-state index < -0.39 is 17.5 Å². The molecule has 0 aliphatic carbocycles. The van der Waals surface area contributed by atoms with Crippen LogP contribution in [0.4, 0.5) is 4.79 Å². The van der Waals surface area contributed by atoms with Crippen LogP contribution in [0.1, 0.15) is 59.3 Å². The van der Waals surface area contributed by atoms with Crippen LogP contribution in [0.2, 0.25) is 0 Å². The average Bonchev–Trinajstić information content (AvgIpc) is 2.45. The number of likely N-dealkylation sites (tertiary alicyclic amines) is 1. The topological polar surface area (TPSA) is 90.6 Å². The van der Waals surface area contributed by atoms with Crippen LogP contribution in [0.3, 0.4) is 0 Å². The average molecular weight is 324 g/mol. The number of nitriles is 1. The standard InChI is InChI=1S/C17H28N2O4/c1-17(2,3)23-16(22)19-11-8-13(9-12-19)6-7-14(15(20)21)5-4-10-18/h13-14H,4-9,11-12H2,1-3H3,(H,20,21)/t14-/m0/s1. The maximum Gasteiger partial charge on any atom is 0.410 e. The smallest absolute Gasteiger partial charge is 0.410 e. The van der Waals surface area contributed by atoms with Gasteiger partial charge < -0.3 is 14.7 Å². The highest BCUT2D eigenvalue weighted by Crippen LogP contribution is 2.26. The number of aliphatic carboxylic acids is 1. The van der Waals surface area contributed by atoms with E-state index in [1.54, 1.807) is 4.90 Å². The SMILES string of the molecule is CC(C)(C)OC(=O)N1CCC(CC[C@H](CCC#N)C(=O)O)CC1. The molecule has 23 heavy (non-hydrogen) atoms. The summed E-state index contributed by atoms with van der Waals surface area (Å²) in [5.41, 5.74) is -0.483. The zero-order valence-corrected chi connectivity index (χ0v) is 14.4. The van der Waals surface area contributed by atoms with E-state index in [1.165, 1.54) is 0 Å². The van der Waals surface area contributed by atoms with Crippen LogP contribution < -0.4 is 0 Å². The van der Waals surface area contributed by atoms with Crippen LogP contribution in [0, 0.1) is 23.2 Å². The van der Waals surface area contributed by atoms with E-state index >= 15 is 0 Å². The Kier molecular flexibility index (Phi) is 7.34. The maximum absolute atomic E-state index is 12.0. The molecule has 0 saturated carbocycles. The third-order valence-electron chi connectivity index (χ3n) is 4.14. The number of carboxylic acid groups (broad SMARTS) is 1. The first-order chi connectivity index (χ1) is 10.7. The number of carbonyl (C=O) groups is 2. The lowest BCUT2D eigenvalue weighted by Gasteiger charge is -2.33. The fraction of sp³-hybridized carbons (Fsp3) is 0.824. The van der Waals surface area contributed by atoms with Crippen LogP contribution in [-0.2, 0) is 9.53 Å². The molecule has 6 heteroatoms. The number of hydrogen-bond acceptors (Lipinski definition) is 4. The summed E-state index contributed by atoms with van der Waals surface area (Å²) in [7, 11) is 0. The number of nitrogens with zero attached hydrogens (tertiary/aromatic N) is 2. The predicted octanol–water partition coefficient (Wildman–Crippen LogP) is 3.42. The first kappa shape index (κ1) is 19.3. The van der Waals surface area contributed by atoms with Gasteiger partial charge in [0.1, 0.15) is 5.60 Å². The van der Waals surface area contributed by atoms with Crippen molar-refractivity contribution in [1.29, 1.82) is 5.26 Å². The molecule has 1 rings (SSSR count). The van der Waals surface area contributed by atoms with Crippen LogP contribution in [0.15, 0.2) is 0 Å². The molecule has 0 unspecified atom stereocenters. The van der Waals surface area contributed by atoms with Crippen molar-refractivity contribution >= 4 is 12.1 Å². The summed E-state index contributed by atoms with van der Waals surface area (Å²) in [5, 5.41) is 17.8. The number of piperidine rings is 1. The Morgan fingerprint density at radius 3 is 2.39 bits per heavy atom. The summed E-state index contributed by atoms with van der Waals surface area (Å²) >= 11 is 0. The molecule has 0 aromatic rings. The van der Waals surface area contributed by atoms with E-state index in [2.05, 4.69) is 0 Å². The van der Waals surface area contributed by atoms with E-state index in [1.807, 2.05) is 26.8 Å². The molecule has 1 atom stereocenters. The molecule has 0 spiro atoms. The van der Waals surface area contributed by atoms with Crippen LogP contribution >= 0.6 is 0 Å². The summed E-state index contributed by atoms with van der Waals surface area (Å²) in [4.78, 5) is 24.9. The Morgan fingerprint density at radius 1 is 1.30 bits per heavy atom. The van der Waals surface area contributed by atoms with Crippen molar-refractivity contribution in [3.05, 3.63) is 0 Å². The molecule has 6 nitrogen and oxygen atoms in total. The Morgan fingerprint density at radius 2 is 1.91 bits per heavy atom. The van der Waals surface area contributed by atoms with E-state index in [4.69, 9.17) is 10.00 Å². The van der Waals surface area contributed by atoms with Gasteiger partial charge in [-0.1, -0.05) is 0 Å². The summed E-state index contributed by atoms with van der Waals surface area (Å²) in [6.45, 7) is 6.88. The van der Waals surface area contributed by atoms with Crippen molar-refractivity contribution in [3.8, 4) is 6.07 Å². The highest BCUT2D eigenvalue weighted by molar-refractivity contribution is 5.70. The van der Waals surface area contributed by atoms with E-state index in [0.29, 0.717) is 31.8 Å². The maximum atomic E-state index is 12.0. The molecule has 1 amide bonds. The Balaban J connectivity index is 2.34. The van der Waals surface area contributed by atoms with E-state index in [-0.39, 0.29) is 12.5 Å². The van der Waals surface area contributed by atoms with Crippen molar-refractivity contribution in [2.75, 3.05) is 13.1 Å². The van der Waals surface area contributed by atoms with Gasteiger partial charge in [-0.05, 0) is 58.8 Å². The highest BCUT2D eigenvalue weighted by Gasteiger charge is 2.27. The fourth-order valence-corrected chi connectivity index (χ4v) is 2.80. The first-order valence-electron chi connectivity index (χ1n) is 8.30. The molecule has 1 aliphatic rings. The number of ether oxygens (including phenoxy) is 1. The Bertz CT molecular complexity index is 442. The monoisotopic (exact) mass is 324 g/mol. The molecule has 1 N–H and O–H groups in total. The first-order valence-corrected chi connectivity index (χ1v) is 8.30. The van der Waals surface area contributed by atoms with Crippen LogP contribution in [0.5, 0.6) is 0 Å². The lowest BCUT2D eigenvalue weighted by atomic mass is 9.87. The fourth-order valence-electron chi connectivity index (χ4n) is 2.80. The molecule has 1 aliphatic heterocycles. The van der Waals surface area contributed by atoms with Crippen LogP contribution in [-0.4, -0.2) is 40.8 Å². The van der Waals surface area contributed by atoms with E-state index in [9.17, 15) is 14.7 Å². The number of hydrogen-bond donors (Lipinski definition) is 1. The molecule has 1 heterocycles. The highest BCUT2D eigenvalue weighted by atomic mass is 16.6. The van der Waals surface area contributed by atoms with Gasteiger partial charge >= 0.3 is 12.1 Å². The van der Waals surface area contributed by atoms with Gasteiger partial charge in [0.25, 0.3) is 0 Å². The summed E-state index contributed by atoms with van der Waals surface area (Å²) in [6.07, 6.45) is 3.64. The second kappa shape index (κ2) is 8.76. The van der Waals surface area contributed by atoms with Gasteiger partial charge in [0.05, 0.1) is 12.0 Å². The van der Waals surface area contributed by atoms with Gasteiger partial charge in [0, 0.05) is 19.5 Å². The normalized spacial score (nSPS) is 17.4. The second-order valence-electron chi connectivity index (χ2n) is 7.22. The minimum absolute atomic E-state index is 0.270. The minimum Gasteiger partial charge on any atom is -0.481 e. The Labute approximate surface area is 138 Å². The van der Waals surface area contributed by atoms with Crippen molar-refractivity contribution in [1.82, 2.24) is 4.90 Å². The molecular formula is C17H28N2O4. The van der Waals surface area contributed by atoms with Crippen molar-refractivity contribution in [2.24, 2.45) is 11.8 Å². The van der Waals surface area contributed by atoms with Gasteiger partial charge in [0.2, 0.25) is 0 Å². The molecule has 1 fully saturated rings. The summed E-state index contributed by atoms with van der Waals surface area (Å²) in [5.74, 6) is -0.803. The summed E-state index contributed by atoms with van der Waals surface area (Å²) < 4.78 is 5.37. The number of rotatable bonds is 6. The largest absolute Gasteiger partial charge is 0.481 e. The number of carboxylic acids is 1. The number of carbonyl (C=O) groups excluding carboxylic acids is 1. The van der Waals surface area contributed by atoms with Gasteiger partial charge in [-0.15, -0.1) is 0 Å². The molecule has 1 saturated heterocycles. The molecule has 130 valence electrons. The lowest BCUT2D eigenvalue weighted by Crippen LogP contribution is -2.41. The van der Waals surface area contributed by atoms with Gasteiger partial charge in [0.15, 0.2) is 0 Å². The molecule has 0 aromatic carbocycles. The predicted molar refractivity (Wildman–Crippen MR) is 85.7 cm³/mol. The number of amides is 1. The Hall–Kier alpha value is -1.77. The summed E-state index contributed by atoms with van der Waals surface area (Å²) in [6, 6.07) is 2.01. The molecule has 0 radical (unpaired) electrons.